The number of aliphatic hydroxyl groups excluding tert-OH is 1. The lowest BCUT2D eigenvalue weighted by atomic mass is 9.99. The molecule has 0 bridgehead atoms. The Morgan fingerprint density at radius 1 is 1.24 bits per heavy atom. The lowest BCUT2D eigenvalue weighted by molar-refractivity contribution is 0.0695. The molecule has 0 amide bonds. The quantitative estimate of drug-likeness (QED) is 0.498. The van der Waals surface area contributed by atoms with Gasteiger partial charge in [0.05, 0.1) is 34.6 Å². The van der Waals surface area contributed by atoms with E-state index in [2.05, 4.69) is 5.32 Å². The second kappa shape index (κ2) is 7.17. The van der Waals surface area contributed by atoms with Crippen molar-refractivity contribution in [2.24, 2.45) is 0 Å². The number of pyridine rings is 1. The third kappa shape index (κ3) is 2.99. The van der Waals surface area contributed by atoms with E-state index in [1.807, 2.05) is 0 Å². The molecule has 5 N–H and O–H groups in total. The maximum atomic E-state index is 14.8. The molecule has 0 saturated carbocycles. The van der Waals surface area contributed by atoms with Gasteiger partial charge in [-0.25, -0.2) is 13.6 Å². The van der Waals surface area contributed by atoms with Crippen LogP contribution in [0.25, 0.3) is 16.6 Å². The number of carboxylic acid groups (broad SMARTS) is 1. The van der Waals surface area contributed by atoms with E-state index in [0.717, 1.165) is 12.3 Å². The Kier molecular flexibility index (Phi) is 5.02. The highest BCUT2D eigenvalue weighted by Gasteiger charge is 2.24. The van der Waals surface area contributed by atoms with Crippen LogP contribution in [0.2, 0.25) is 0 Å². The third-order valence-corrected chi connectivity index (χ3v) is 4.97. The van der Waals surface area contributed by atoms with Crippen molar-refractivity contribution in [1.82, 2.24) is 4.57 Å². The second-order valence-corrected chi connectivity index (χ2v) is 6.62. The lowest BCUT2D eigenvalue weighted by Gasteiger charge is -2.21. The van der Waals surface area contributed by atoms with Gasteiger partial charge >= 0.3 is 5.97 Å². The number of aliphatic hydroxyl groups is 1. The zero-order chi connectivity index (χ0) is 21.6. The molecule has 3 aromatic rings. The van der Waals surface area contributed by atoms with Crippen molar-refractivity contribution in [3.05, 3.63) is 62.4 Å². The molecule has 0 aliphatic rings. The molecule has 1 heterocycles. The number of hydrogen-bond acceptors (Lipinski definition) is 5. The van der Waals surface area contributed by atoms with E-state index >= 15 is 0 Å². The van der Waals surface area contributed by atoms with E-state index in [9.17, 15) is 28.6 Å². The van der Waals surface area contributed by atoms with Crippen molar-refractivity contribution in [2.75, 3.05) is 18.1 Å². The minimum Gasteiger partial charge on any atom is -0.477 e. The highest BCUT2D eigenvalue weighted by Crippen LogP contribution is 2.34. The Bertz CT molecular complexity index is 1240. The number of aromatic carboxylic acids is 1. The number of nitrogen functional groups attached to an aromatic ring is 1. The molecule has 0 aliphatic heterocycles. The number of nitrogens with one attached hydrogen (secondary N) is 1. The summed E-state index contributed by atoms with van der Waals surface area (Å²) in [6, 6.07) is 2.26. The summed E-state index contributed by atoms with van der Waals surface area (Å²) in [6.07, 6.45) is 1.07. The molecule has 9 heteroatoms. The number of aromatic nitrogens is 1. The first kappa shape index (κ1) is 20.3. The summed E-state index contributed by atoms with van der Waals surface area (Å²) in [6.45, 7) is 2.38. The molecule has 0 fully saturated rings. The zero-order valence-corrected chi connectivity index (χ0v) is 15.9. The molecule has 2 aromatic carbocycles. The van der Waals surface area contributed by atoms with Gasteiger partial charge in [-0.2, -0.15) is 0 Å². The first-order valence-corrected chi connectivity index (χ1v) is 8.62. The molecule has 0 radical (unpaired) electrons. The Hall–Kier alpha value is -3.46. The number of benzene rings is 2. The predicted octanol–water partition coefficient (Wildman–Crippen LogP) is 2.70. The smallest absolute Gasteiger partial charge is 0.341 e. The van der Waals surface area contributed by atoms with E-state index in [-0.39, 0.29) is 39.1 Å². The number of hydrogen-bond donors (Lipinski definition) is 4. The Morgan fingerprint density at radius 3 is 2.45 bits per heavy atom. The fraction of sp³-hybridized carbons (Fsp3) is 0.200. The van der Waals surface area contributed by atoms with Gasteiger partial charge in [-0.1, -0.05) is 0 Å². The highest BCUT2D eigenvalue weighted by atomic mass is 19.1. The molecular weight excluding hydrogens is 384 g/mol. The fourth-order valence-corrected chi connectivity index (χ4v) is 3.52. The molecule has 0 saturated heterocycles. The van der Waals surface area contributed by atoms with Crippen LogP contribution in [-0.4, -0.2) is 27.8 Å². The summed E-state index contributed by atoms with van der Waals surface area (Å²) in [7, 11) is 1.51. The largest absolute Gasteiger partial charge is 0.477 e. The number of fused-ring (bicyclic) bond motifs is 1. The van der Waals surface area contributed by atoms with Crippen LogP contribution in [0.1, 0.15) is 27.0 Å². The van der Waals surface area contributed by atoms with E-state index in [0.29, 0.717) is 5.56 Å². The van der Waals surface area contributed by atoms with Crippen LogP contribution in [0, 0.1) is 25.5 Å². The fourth-order valence-electron chi connectivity index (χ4n) is 3.52. The number of anilines is 2. The summed E-state index contributed by atoms with van der Waals surface area (Å²) in [5, 5.41) is 21.8. The van der Waals surface area contributed by atoms with Crippen LogP contribution in [0.3, 0.4) is 0 Å². The van der Waals surface area contributed by atoms with Crippen LogP contribution in [-0.2, 0) is 6.61 Å². The predicted molar refractivity (Wildman–Crippen MR) is 106 cm³/mol. The van der Waals surface area contributed by atoms with Crippen molar-refractivity contribution in [3.63, 3.8) is 0 Å². The number of rotatable bonds is 4. The normalized spacial score (nSPS) is 11.1. The van der Waals surface area contributed by atoms with Crippen molar-refractivity contribution < 1.29 is 23.8 Å². The molecule has 0 unspecified atom stereocenters. The first-order valence-electron chi connectivity index (χ1n) is 8.62. The van der Waals surface area contributed by atoms with Gasteiger partial charge in [-0.15, -0.1) is 0 Å². The molecule has 0 aliphatic carbocycles. The number of aryl methyl sites for hydroxylation is 2. The second-order valence-electron chi connectivity index (χ2n) is 6.62. The van der Waals surface area contributed by atoms with Gasteiger partial charge in [0.15, 0.2) is 0 Å². The van der Waals surface area contributed by atoms with Gasteiger partial charge in [0.1, 0.15) is 17.2 Å². The lowest BCUT2D eigenvalue weighted by Crippen LogP contribution is -2.21. The highest BCUT2D eigenvalue weighted by molar-refractivity contribution is 5.97. The number of carbonyl (C=O) groups is 1. The maximum absolute atomic E-state index is 14.8. The van der Waals surface area contributed by atoms with Gasteiger partial charge in [0.2, 0.25) is 5.43 Å². The molecule has 29 heavy (non-hydrogen) atoms. The minimum atomic E-state index is -1.50. The Labute approximate surface area is 164 Å². The van der Waals surface area contributed by atoms with Crippen molar-refractivity contribution in [1.29, 1.82) is 0 Å². The van der Waals surface area contributed by atoms with Crippen molar-refractivity contribution >= 4 is 28.2 Å². The minimum absolute atomic E-state index is 0.0302. The number of nitrogens with zero attached hydrogens (tertiary/aromatic N) is 1. The SMILES string of the molecule is CNc1c(F)c(C)c2c(=O)c(C(=O)O)cn(-c3cc(N)c(F)cc3CO)c2c1C. The summed E-state index contributed by atoms with van der Waals surface area (Å²) >= 11 is 0. The molecule has 0 spiro atoms. The van der Waals surface area contributed by atoms with Crippen LogP contribution in [0.15, 0.2) is 23.1 Å². The third-order valence-electron chi connectivity index (χ3n) is 4.97. The van der Waals surface area contributed by atoms with Gasteiger partial charge in [0.25, 0.3) is 0 Å². The Balaban J connectivity index is 2.66. The molecule has 7 nitrogen and oxygen atoms in total. The van der Waals surface area contributed by atoms with Crippen molar-refractivity contribution in [2.45, 2.75) is 20.5 Å². The molecule has 0 atom stereocenters. The van der Waals surface area contributed by atoms with Gasteiger partial charge in [0, 0.05) is 24.4 Å². The van der Waals surface area contributed by atoms with Gasteiger partial charge in [-0.05, 0) is 31.5 Å². The summed E-state index contributed by atoms with van der Waals surface area (Å²) in [5.74, 6) is -2.93. The van der Waals surface area contributed by atoms with Crippen LogP contribution < -0.4 is 16.5 Å². The summed E-state index contributed by atoms with van der Waals surface area (Å²) in [5.41, 5.74) is 4.97. The molecular formula is C20H19F2N3O4. The topological polar surface area (TPSA) is 118 Å². The molecule has 3 rings (SSSR count). The maximum Gasteiger partial charge on any atom is 0.341 e. The standard InChI is InChI=1S/C20H19F2N3O4/c1-8-15-18(9(2)17(24-3)16(8)22)25(6-11(19(15)27)20(28)29)14-5-13(23)12(21)4-10(14)7-26/h4-6,24,26H,7,23H2,1-3H3,(H,28,29). The summed E-state index contributed by atoms with van der Waals surface area (Å²) < 4.78 is 30.1. The van der Waals surface area contributed by atoms with Crippen LogP contribution in [0.4, 0.5) is 20.2 Å². The van der Waals surface area contributed by atoms with E-state index in [4.69, 9.17) is 5.73 Å². The van der Waals surface area contributed by atoms with E-state index in [1.54, 1.807) is 6.92 Å². The first-order chi connectivity index (χ1) is 13.6. The van der Waals surface area contributed by atoms with E-state index < -0.39 is 35.2 Å². The monoisotopic (exact) mass is 403 g/mol. The van der Waals surface area contributed by atoms with Crippen LogP contribution >= 0.6 is 0 Å². The Morgan fingerprint density at radius 2 is 1.90 bits per heavy atom. The number of carboxylic acids is 1. The molecule has 152 valence electrons. The van der Waals surface area contributed by atoms with Gasteiger partial charge in [-0.3, -0.25) is 4.79 Å². The summed E-state index contributed by atoms with van der Waals surface area (Å²) in [4.78, 5) is 24.5. The van der Waals surface area contributed by atoms with E-state index in [1.165, 1.54) is 24.6 Å². The molecule has 1 aromatic heterocycles. The average Bonchev–Trinajstić information content (AvgIpc) is 2.68. The average molecular weight is 403 g/mol. The van der Waals surface area contributed by atoms with Crippen LogP contribution in [0.5, 0.6) is 0 Å². The zero-order valence-electron chi connectivity index (χ0n) is 15.9. The number of nitrogens with two attached hydrogens (primary N) is 1. The van der Waals surface area contributed by atoms with Crippen molar-refractivity contribution in [3.8, 4) is 5.69 Å². The van der Waals surface area contributed by atoms with Gasteiger partial charge < -0.3 is 25.8 Å². The number of halogens is 2.